The fraction of sp³-hybridized carbons (Fsp3) is 0.923. The lowest BCUT2D eigenvalue weighted by Gasteiger charge is -2.22. The molecule has 0 bridgehead atoms. The molecule has 6 nitrogen and oxygen atoms in total. The van der Waals surface area contributed by atoms with Crippen molar-refractivity contribution in [2.24, 2.45) is 5.92 Å². The SMILES string of the molecule is CC(C)(C)NCc1nnnn1C1CCOC1C1CC1. The highest BCUT2D eigenvalue weighted by Gasteiger charge is 2.42. The van der Waals surface area contributed by atoms with Crippen molar-refractivity contribution < 1.29 is 4.74 Å². The number of aromatic nitrogens is 4. The van der Waals surface area contributed by atoms with Crippen molar-refractivity contribution in [2.75, 3.05) is 6.61 Å². The van der Waals surface area contributed by atoms with Crippen LogP contribution in [-0.4, -0.2) is 38.5 Å². The molecule has 2 atom stereocenters. The summed E-state index contributed by atoms with van der Waals surface area (Å²) in [7, 11) is 0. The third kappa shape index (κ3) is 2.95. The van der Waals surface area contributed by atoms with Gasteiger partial charge in [-0.15, -0.1) is 5.10 Å². The molecule has 1 N–H and O–H groups in total. The highest BCUT2D eigenvalue weighted by atomic mass is 16.5. The number of nitrogens with one attached hydrogen (secondary N) is 1. The molecule has 0 aromatic carbocycles. The van der Waals surface area contributed by atoms with E-state index in [9.17, 15) is 0 Å². The minimum absolute atomic E-state index is 0.0683. The predicted molar refractivity (Wildman–Crippen MR) is 70.5 cm³/mol. The molecule has 0 radical (unpaired) electrons. The van der Waals surface area contributed by atoms with Crippen LogP contribution in [0.15, 0.2) is 0 Å². The number of rotatable bonds is 4. The summed E-state index contributed by atoms with van der Waals surface area (Å²) < 4.78 is 7.86. The zero-order valence-corrected chi connectivity index (χ0v) is 12.0. The first-order valence-electron chi connectivity index (χ1n) is 7.18. The summed E-state index contributed by atoms with van der Waals surface area (Å²) in [6.45, 7) is 7.97. The fourth-order valence-electron chi connectivity index (χ4n) is 2.67. The molecule has 3 rings (SSSR count). The number of tetrazole rings is 1. The van der Waals surface area contributed by atoms with Crippen molar-refractivity contribution in [3.63, 3.8) is 0 Å². The first-order valence-corrected chi connectivity index (χ1v) is 7.18. The summed E-state index contributed by atoms with van der Waals surface area (Å²) in [4.78, 5) is 0. The first-order chi connectivity index (χ1) is 9.04. The van der Waals surface area contributed by atoms with E-state index in [4.69, 9.17) is 4.74 Å². The molecule has 2 unspecified atom stereocenters. The Hall–Kier alpha value is -1.01. The van der Waals surface area contributed by atoms with Gasteiger partial charge in [0.1, 0.15) is 0 Å². The van der Waals surface area contributed by atoms with E-state index >= 15 is 0 Å². The largest absolute Gasteiger partial charge is 0.376 e. The lowest BCUT2D eigenvalue weighted by Crippen LogP contribution is -2.36. The topological polar surface area (TPSA) is 64.9 Å². The maximum atomic E-state index is 5.88. The van der Waals surface area contributed by atoms with Crippen LogP contribution in [0.3, 0.4) is 0 Å². The summed E-state index contributed by atoms with van der Waals surface area (Å²) >= 11 is 0. The molecule has 1 saturated carbocycles. The number of hydrogen-bond donors (Lipinski definition) is 1. The molecule has 2 heterocycles. The summed E-state index contributed by atoms with van der Waals surface area (Å²) in [6.07, 6.45) is 3.92. The highest BCUT2D eigenvalue weighted by molar-refractivity contribution is 4.96. The lowest BCUT2D eigenvalue weighted by atomic mass is 10.1. The minimum Gasteiger partial charge on any atom is -0.376 e. The molecule has 1 saturated heterocycles. The molecule has 1 aliphatic carbocycles. The Labute approximate surface area is 113 Å². The zero-order chi connectivity index (χ0) is 13.5. The van der Waals surface area contributed by atoms with Gasteiger partial charge in [-0.25, -0.2) is 4.68 Å². The van der Waals surface area contributed by atoms with E-state index in [1.54, 1.807) is 0 Å². The van der Waals surface area contributed by atoms with E-state index in [1.807, 2.05) is 4.68 Å². The smallest absolute Gasteiger partial charge is 0.165 e. The van der Waals surface area contributed by atoms with Crippen molar-refractivity contribution in [1.82, 2.24) is 25.5 Å². The second-order valence-corrected chi connectivity index (χ2v) is 6.67. The summed E-state index contributed by atoms with van der Waals surface area (Å²) in [5.74, 6) is 1.64. The van der Waals surface area contributed by atoms with Crippen LogP contribution in [0.1, 0.15) is 51.9 Å². The lowest BCUT2D eigenvalue weighted by molar-refractivity contribution is 0.0714. The molecule has 2 fully saturated rings. The van der Waals surface area contributed by atoms with Crippen molar-refractivity contribution >= 4 is 0 Å². The molecule has 1 aromatic rings. The van der Waals surface area contributed by atoms with Crippen LogP contribution in [-0.2, 0) is 11.3 Å². The third-order valence-corrected chi connectivity index (χ3v) is 3.84. The molecule has 0 amide bonds. The van der Waals surface area contributed by atoms with Crippen LogP contribution in [0.5, 0.6) is 0 Å². The highest BCUT2D eigenvalue weighted by Crippen LogP contribution is 2.43. The molecule has 6 heteroatoms. The molecular formula is C13H23N5O. The Kier molecular flexibility index (Phi) is 3.30. The van der Waals surface area contributed by atoms with Crippen molar-refractivity contribution in [3.8, 4) is 0 Å². The van der Waals surface area contributed by atoms with Crippen LogP contribution in [0.25, 0.3) is 0 Å². The van der Waals surface area contributed by atoms with E-state index in [-0.39, 0.29) is 5.54 Å². The summed E-state index contributed by atoms with van der Waals surface area (Å²) in [6, 6.07) is 0.319. The zero-order valence-electron chi connectivity index (χ0n) is 12.0. The number of nitrogens with zero attached hydrogens (tertiary/aromatic N) is 4. The maximum absolute atomic E-state index is 5.88. The van der Waals surface area contributed by atoms with Gasteiger partial charge in [-0.2, -0.15) is 0 Å². The van der Waals surface area contributed by atoms with Gasteiger partial charge < -0.3 is 10.1 Å². The molecule has 1 aromatic heterocycles. The Morgan fingerprint density at radius 2 is 2.11 bits per heavy atom. The number of ether oxygens (including phenoxy) is 1. The molecule has 19 heavy (non-hydrogen) atoms. The quantitative estimate of drug-likeness (QED) is 0.889. The van der Waals surface area contributed by atoms with Gasteiger partial charge in [-0.3, -0.25) is 0 Å². The van der Waals surface area contributed by atoms with Gasteiger partial charge in [-0.05, 0) is 56.4 Å². The Morgan fingerprint density at radius 3 is 2.79 bits per heavy atom. The first kappa shape index (κ1) is 13.0. The van der Waals surface area contributed by atoms with Gasteiger partial charge in [0, 0.05) is 12.1 Å². The average Bonchev–Trinajstić information content (AvgIpc) is 2.90. The van der Waals surface area contributed by atoms with Gasteiger partial charge in [0.15, 0.2) is 5.82 Å². The second kappa shape index (κ2) is 4.83. The van der Waals surface area contributed by atoms with E-state index in [0.717, 1.165) is 24.8 Å². The minimum atomic E-state index is 0.0683. The normalized spacial score (nSPS) is 27.9. The molecule has 0 spiro atoms. The van der Waals surface area contributed by atoms with E-state index in [0.29, 0.717) is 18.7 Å². The van der Waals surface area contributed by atoms with Gasteiger partial charge in [-0.1, -0.05) is 0 Å². The molecular weight excluding hydrogens is 242 g/mol. The Morgan fingerprint density at radius 1 is 1.32 bits per heavy atom. The summed E-state index contributed by atoms with van der Waals surface area (Å²) in [5, 5.41) is 15.6. The van der Waals surface area contributed by atoms with Gasteiger partial charge in [0.05, 0.1) is 18.7 Å². The average molecular weight is 265 g/mol. The van der Waals surface area contributed by atoms with Crippen LogP contribution in [0, 0.1) is 5.92 Å². The molecule has 2 aliphatic rings. The van der Waals surface area contributed by atoms with Crippen molar-refractivity contribution in [2.45, 2.75) is 64.3 Å². The van der Waals surface area contributed by atoms with Crippen molar-refractivity contribution in [1.29, 1.82) is 0 Å². The monoisotopic (exact) mass is 265 g/mol. The Bertz CT molecular complexity index is 434. The van der Waals surface area contributed by atoms with Crippen LogP contribution in [0.2, 0.25) is 0 Å². The molecule has 1 aliphatic heterocycles. The van der Waals surface area contributed by atoms with E-state index in [1.165, 1.54) is 12.8 Å². The fourth-order valence-corrected chi connectivity index (χ4v) is 2.67. The van der Waals surface area contributed by atoms with E-state index in [2.05, 4.69) is 41.6 Å². The maximum Gasteiger partial charge on any atom is 0.165 e. The van der Waals surface area contributed by atoms with E-state index < -0.39 is 0 Å². The van der Waals surface area contributed by atoms with Crippen LogP contribution >= 0.6 is 0 Å². The van der Waals surface area contributed by atoms with Crippen molar-refractivity contribution in [3.05, 3.63) is 5.82 Å². The van der Waals surface area contributed by atoms with Crippen LogP contribution in [0.4, 0.5) is 0 Å². The van der Waals surface area contributed by atoms with Gasteiger partial charge >= 0.3 is 0 Å². The predicted octanol–water partition coefficient (Wildman–Crippen LogP) is 1.30. The molecule has 106 valence electrons. The van der Waals surface area contributed by atoms with Gasteiger partial charge in [0.25, 0.3) is 0 Å². The standard InChI is InChI=1S/C13H23N5O/c1-13(2,3)14-8-11-15-16-17-18(11)10-6-7-19-12(10)9-4-5-9/h9-10,12,14H,4-8H2,1-3H3. The van der Waals surface area contributed by atoms with Crippen LogP contribution < -0.4 is 5.32 Å². The van der Waals surface area contributed by atoms with Gasteiger partial charge in [0.2, 0.25) is 0 Å². The number of hydrogen-bond acceptors (Lipinski definition) is 5. The second-order valence-electron chi connectivity index (χ2n) is 6.67. The summed E-state index contributed by atoms with van der Waals surface area (Å²) in [5.41, 5.74) is 0.0683. The Balaban J connectivity index is 1.72. The third-order valence-electron chi connectivity index (χ3n) is 3.84.